The SMILES string of the molecule is C=CCOC1(c2cc(F)c(CN3SC(C(/C=C\CC)=C/C)CC[C@@H]3C)cc2F)COC1. The molecule has 2 aliphatic heterocycles. The molecule has 31 heavy (non-hydrogen) atoms. The summed E-state index contributed by atoms with van der Waals surface area (Å²) < 4.78 is 43.3. The molecule has 2 heterocycles. The third kappa shape index (κ3) is 5.48. The molecule has 0 amide bonds. The van der Waals surface area contributed by atoms with Crippen molar-refractivity contribution in [1.82, 2.24) is 4.31 Å². The van der Waals surface area contributed by atoms with Crippen LogP contribution in [-0.4, -0.2) is 35.4 Å². The minimum atomic E-state index is -0.928. The van der Waals surface area contributed by atoms with Crippen molar-refractivity contribution in [3.63, 3.8) is 0 Å². The maximum atomic E-state index is 15.1. The second-order valence-corrected chi connectivity index (χ2v) is 9.45. The summed E-state index contributed by atoms with van der Waals surface area (Å²) >= 11 is 1.74. The first-order valence-electron chi connectivity index (χ1n) is 11.0. The van der Waals surface area contributed by atoms with Gasteiger partial charge in [0.25, 0.3) is 0 Å². The highest BCUT2D eigenvalue weighted by molar-refractivity contribution is 7.97. The number of rotatable bonds is 9. The van der Waals surface area contributed by atoms with Crippen molar-refractivity contribution in [3.05, 3.63) is 71.4 Å². The Morgan fingerprint density at radius 2 is 2.10 bits per heavy atom. The van der Waals surface area contributed by atoms with E-state index < -0.39 is 17.2 Å². The van der Waals surface area contributed by atoms with Crippen molar-refractivity contribution < 1.29 is 18.3 Å². The van der Waals surface area contributed by atoms with Crippen molar-refractivity contribution in [2.45, 2.75) is 63.5 Å². The Balaban J connectivity index is 1.78. The number of hydrogen-bond acceptors (Lipinski definition) is 4. The van der Waals surface area contributed by atoms with Crippen LogP contribution < -0.4 is 0 Å². The van der Waals surface area contributed by atoms with Crippen LogP contribution in [-0.2, 0) is 21.6 Å². The molecule has 2 atom stereocenters. The fourth-order valence-electron chi connectivity index (χ4n) is 3.97. The predicted octanol–water partition coefficient (Wildman–Crippen LogP) is 6.31. The van der Waals surface area contributed by atoms with E-state index in [-0.39, 0.29) is 25.4 Å². The lowest BCUT2D eigenvalue weighted by molar-refractivity contribution is -0.212. The number of allylic oxidation sites excluding steroid dienone is 3. The average molecular weight is 450 g/mol. The van der Waals surface area contributed by atoms with Gasteiger partial charge in [0.15, 0.2) is 0 Å². The Labute approximate surface area is 189 Å². The van der Waals surface area contributed by atoms with Gasteiger partial charge in [0, 0.05) is 29.0 Å². The van der Waals surface area contributed by atoms with Crippen LogP contribution in [0.2, 0.25) is 0 Å². The van der Waals surface area contributed by atoms with E-state index >= 15 is 8.78 Å². The van der Waals surface area contributed by atoms with E-state index in [1.807, 2.05) is 0 Å². The molecule has 0 aliphatic carbocycles. The quantitative estimate of drug-likeness (QED) is 0.250. The molecule has 0 aromatic heterocycles. The zero-order valence-electron chi connectivity index (χ0n) is 18.7. The molecule has 0 saturated carbocycles. The summed E-state index contributed by atoms with van der Waals surface area (Å²) in [5, 5.41) is 0.332. The highest BCUT2D eigenvalue weighted by Crippen LogP contribution is 2.39. The molecule has 0 radical (unpaired) electrons. The number of hydrogen-bond donors (Lipinski definition) is 0. The van der Waals surface area contributed by atoms with Gasteiger partial charge in [-0.1, -0.05) is 43.2 Å². The molecule has 1 aromatic rings. The third-order valence-corrected chi connectivity index (χ3v) is 7.48. The third-order valence-electron chi connectivity index (χ3n) is 5.95. The molecule has 3 nitrogen and oxygen atoms in total. The van der Waals surface area contributed by atoms with Gasteiger partial charge in [0.05, 0.1) is 19.8 Å². The fourth-order valence-corrected chi connectivity index (χ4v) is 5.40. The predicted molar refractivity (Wildman–Crippen MR) is 124 cm³/mol. The summed E-state index contributed by atoms with van der Waals surface area (Å²) in [6.07, 6.45) is 11.2. The van der Waals surface area contributed by atoms with Crippen molar-refractivity contribution >= 4 is 11.9 Å². The Morgan fingerprint density at radius 1 is 1.32 bits per heavy atom. The summed E-state index contributed by atoms with van der Waals surface area (Å²) in [6, 6.07) is 2.90. The van der Waals surface area contributed by atoms with Crippen molar-refractivity contribution in [2.75, 3.05) is 19.8 Å². The van der Waals surface area contributed by atoms with Gasteiger partial charge in [0.1, 0.15) is 17.2 Å². The molecule has 0 bridgehead atoms. The topological polar surface area (TPSA) is 21.7 Å². The summed E-state index contributed by atoms with van der Waals surface area (Å²) in [4.78, 5) is 0. The van der Waals surface area contributed by atoms with Gasteiger partial charge in [0.2, 0.25) is 0 Å². The highest BCUT2D eigenvalue weighted by Gasteiger charge is 2.44. The van der Waals surface area contributed by atoms with E-state index in [9.17, 15) is 0 Å². The van der Waals surface area contributed by atoms with E-state index in [0.29, 0.717) is 23.4 Å². The summed E-state index contributed by atoms with van der Waals surface area (Å²) in [5.74, 6) is -0.855. The normalized spacial score (nSPS) is 24.4. The minimum absolute atomic E-state index is 0.217. The molecule has 6 heteroatoms. The van der Waals surface area contributed by atoms with Gasteiger partial charge >= 0.3 is 0 Å². The molecule has 0 N–H and O–H groups in total. The van der Waals surface area contributed by atoms with Crippen LogP contribution in [0.5, 0.6) is 0 Å². The van der Waals surface area contributed by atoms with Crippen LogP contribution in [0.4, 0.5) is 8.78 Å². The van der Waals surface area contributed by atoms with E-state index in [4.69, 9.17) is 9.47 Å². The molecule has 1 aromatic carbocycles. The molecule has 2 fully saturated rings. The monoisotopic (exact) mass is 449 g/mol. The molecular weight excluding hydrogens is 416 g/mol. The number of nitrogens with zero attached hydrogens (tertiary/aromatic N) is 1. The van der Waals surface area contributed by atoms with Gasteiger partial charge in [-0.05, 0) is 50.8 Å². The first-order valence-corrected chi connectivity index (χ1v) is 11.8. The largest absolute Gasteiger partial charge is 0.375 e. The van der Waals surface area contributed by atoms with Crippen LogP contribution >= 0.6 is 11.9 Å². The van der Waals surface area contributed by atoms with Crippen LogP contribution in [0.15, 0.2) is 48.6 Å². The average Bonchev–Trinajstić information content (AvgIpc) is 2.73. The van der Waals surface area contributed by atoms with E-state index in [1.165, 1.54) is 17.7 Å². The molecule has 2 saturated heterocycles. The Hall–Kier alpha value is -1.47. The van der Waals surface area contributed by atoms with Crippen LogP contribution in [0, 0.1) is 11.6 Å². The maximum absolute atomic E-state index is 15.1. The van der Waals surface area contributed by atoms with Crippen molar-refractivity contribution in [2.24, 2.45) is 0 Å². The molecular formula is C25H33F2NO2S. The Bertz CT molecular complexity index is 835. The van der Waals surface area contributed by atoms with E-state index in [1.54, 1.807) is 18.0 Å². The maximum Gasteiger partial charge on any atom is 0.143 e. The van der Waals surface area contributed by atoms with Gasteiger partial charge in [-0.15, -0.1) is 6.58 Å². The smallest absolute Gasteiger partial charge is 0.143 e. The van der Waals surface area contributed by atoms with Crippen LogP contribution in [0.25, 0.3) is 0 Å². The van der Waals surface area contributed by atoms with Crippen LogP contribution in [0.3, 0.4) is 0 Å². The summed E-state index contributed by atoms with van der Waals surface area (Å²) in [6.45, 7) is 11.0. The number of ether oxygens (including phenoxy) is 2. The Morgan fingerprint density at radius 3 is 2.71 bits per heavy atom. The lowest BCUT2D eigenvalue weighted by Gasteiger charge is -2.41. The minimum Gasteiger partial charge on any atom is -0.375 e. The number of benzene rings is 1. The molecule has 2 aliphatic rings. The van der Waals surface area contributed by atoms with Gasteiger partial charge in [-0.25, -0.2) is 13.1 Å². The molecule has 3 rings (SSSR count). The first kappa shape index (κ1) is 24.2. The Kier molecular flexibility index (Phi) is 8.50. The van der Waals surface area contributed by atoms with Crippen LogP contribution in [0.1, 0.15) is 51.2 Å². The zero-order chi connectivity index (χ0) is 22.4. The molecule has 1 unspecified atom stereocenters. The van der Waals surface area contributed by atoms with E-state index in [0.717, 1.165) is 19.3 Å². The van der Waals surface area contributed by atoms with Gasteiger partial charge in [-0.2, -0.15) is 0 Å². The lowest BCUT2D eigenvalue weighted by Crippen LogP contribution is -2.49. The lowest BCUT2D eigenvalue weighted by atomic mass is 9.90. The standard InChI is InChI=1S/C25H33F2NO2S/c1-5-8-9-19(7-3)24-11-10-18(4)28(31-24)15-20-13-23(27)21(14-22(20)26)25(16-29-17-25)30-12-6-2/h6-9,13-14,18,24H,2,5,10-12,15-17H2,1,3-4H3/b9-8-,19-7+/t18-,24?/m0/s1. The summed E-state index contributed by atoms with van der Waals surface area (Å²) in [7, 11) is 0. The highest BCUT2D eigenvalue weighted by atomic mass is 32.2. The molecule has 0 spiro atoms. The number of halogens is 2. The second kappa shape index (κ2) is 10.9. The van der Waals surface area contributed by atoms with Crippen molar-refractivity contribution in [3.8, 4) is 0 Å². The second-order valence-electron chi connectivity index (χ2n) is 8.21. The van der Waals surface area contributed by atoms with E-state index in [2.05, 4.69) is 49.9 Å². The van der Waals surface area contributed by atoms with Crippen molar-refractivity contribution in [1.29, 1.82) is 0 Å². The molecule has 170 valence electrons. The van der Waals surface area contributed by atoms with Gasteiger partial charge < -0.3 is 9.47 Å². The zero-order valence-corrected chi connectivity index (χ0v) is 19.5. The summed E-state index contributed by atoms with van der Waals surface area (Å²) in [5.41, 5.74) is 0.950. The fraction of sp³-hybridized carbons (Fsp3) is 0.520. The first-order chi connectivity index (χ1) is 14.9. The van der Waals surface area contributed by atoms with Gasteiger partial charge in [-0.3, -0.25) is 0 Å².